The fourth-order valence-electron chi connectivity index (χ4n) is 3.84. The van der Waals surface area contributed by atoms with Gasteiger partial charge in [-0.2, -0.15) is 5.10 Å². The number of hydrogen-bond acceptors (Lipinski definition) is 5. The van der Waals surface area contributed by atoms with Gasteiger partial charge in [0, 0.05) is 49.4 Å². The minimum atomic E-state index is -3.86. The van der Waals surface area contributed by atoms with E-state index < -0.39 is 15.7 Å². The molecule has 0 aliphatic rings. The summed E-state index contributed by atoms with van der Waals surface area (Å²) >= 11 is 0. The van der Waals surface area contributed by atoms with Gasteiger partial charge in [-0.15, -0.1) is 0 Å². The van der Waals surface area contributed by atoms with Gasteiger partial charge in [0.05, 0.1) is 10.6 Å². The Hall–Kier alpha value is -4.75. The number of imidazole rings is 1. The number of pyridine rings is 1. The van der Waals surface area contributed by atoms with Gasteiger partial charge in [0.1, 0.15) is 17.3 Å². The first-order valence-corrected chi connectivity index (χ1v) is 13.3. The van der Waals surface area contributed by atoms with Gasteiger partial charge < -0.3 is 9.72 Å². The summed E-state index contributed by atoms with van der Waals surface area (Å²) in [5, 5.41) is 7.01. The lowest BCUT2D eigenvalue weighted by molar-refractivity contribution is 0.0950. The molecule has 0 unspecified atom stereocenters. The summed E-state index contributed by atoms with van der Waals surface area (Å²) in [6.45, 7) is 2.03. The highest BCUT2D eigenvalue weighted by Gasteiger charge is 2.21. The van der Waals surface area contributed by atoms with Crippen LogP contribution in [-0.4, -0.2) is 33.5 Å². The molecule has 0 atom stereocenters. The van der Waals surface area contributed by atoms with Gasteiger partial charge in [-0.25, -0.2) is 17.8 Å². The largest absolute Gasteiger partial charge is 0.348 e. The van der Waals surface area contributed by atoms with Gasteiger partial charge in [-0.05, 0) is 73.2 Å². The zero-order valence-corrected chi connectivity index (χ0v) is 21.1. The SMILES string of the molecule is Cc1ccn(CS(=O)(=O)c2ccc(C(=O)NCc3ccn4ccnc4c3)cc2C#Cc2ccc(F)cc2)n1.[HH]. The van der Waals surface area contributed by atoms with Crippen LogP contribution in [0.1, 0.15) is 34.2 Å². The number of carbonyl (C=O) groups is 1. The van der Waals surface area contributed by atoms with Gasteiger partial charge in [0.25, 0.3) is 5.91 Å². The first kappa shape index (κ1) is 24.9. The second-order valence-electron chi connectivity index (χ2n) is 8.62. The number of aromatic nitrogens is 4. The van der Waals surface area contributed by atoms with Crippen LogP contribution in [0.5, 0.6) is 0 Å². The maximum Gasteiger partial charge on any atom is 0.251 e. The van der Waals surface area contributed by atoms with Crippen molar-refractivity contribution in [1.29, 1.82) is 0 Å². The fourth-order valence-corrected chi connectivity index (χ4v) is 5.19. The van der Waals surface area contributed by atoms with Crippen LogP contribution in [0.25, 0.3) is 5.65 Å². The summed E-state index contributed by atoms with van der Waals surface area (Å²) in [4.78, 5) is 17.2. The van der Waals surface area contributed by atoms with Crippen molar-refractivity contribution in [2.75, 3.05) is 0 Å². The molecule has 1 amide bonds. The lowest BCUT2D eigenvalue weighted by Gasteiger charge is -2.10. The van der Waals surface area contributed by atoms with E-state index in [1.54, 1.807) is 25.4 Å². The van der Waals surface area contributed by atoms with E-state index in [1.807, 2.05) is 28.9 Å². The van der Waals surface area contributed by atoms with Crippen LogP contribution < -0.4 is 5.32 Å². The molecule has 0 aliphatic carbocycles. The summed E-state index contributed by atoms with van der Waals surface area (Å²) in [7, 11) is -3.86. The van der Waals surface area contributed by atoms with Crippen molar-refractivity contribution in [2.24, 2.45) is 0 Å². The number of halogens is 1. The van der Waals surface area contributed by atoms with Crippen molar-refractivity contribution in [3.8, 4) is 11.8 Å². The first-order valence-electron chi connectivity index (χ1n) is 11.6. The Morgan fingerprint density at radius 1 is 1.03 bits per heavy atom. The first-order chi connectivity index (χ1) is 18.3. The second-order valence-corrected chi connectivity index (χ2v) is 10.5. The van der Waals surface area contributed by atoms with Gasteiger partial charge in [0.15, 0.2) is 9.84 Å². The molecule has 0 saturated carbocycles. The highest BCUT2D eigenvalue weighted by molar-refractivity contribution is 7.90. The Balaban J connectivity index is 0.00000353. The molecule has 5 aromatic rings. The molecule has 0 fully saturated rings. The molecular weight excluding hydrogens is 505 g/mol. The molecule has 192 valence electrons. The number of amides is 1. The molecule has 3 heterocycles. The Bertz CT molecular complexity index is 1820. The molecule has 3 aromatic heterocycles. The lowest BCUT2D eigenvalue weighted by Crippen LogP contribution is -2.23. The average Bonchev–Trinajstić information content (AvgIpc) is 3.54. The molecule has 38 heavy (non-hydrogen) atoms. The second kappa shape index (κ2) is 10.3. The number of benzene rings is 2. The van der Waals surface area contributed by atoms with E-state index in [0.717, 1.165) is 11.2 Å². The van der Waals surface area contributed by atoms with Gasteiger partial charge in [0.2, 0.25) is 0 Å². The summed E-state index contributed by atoms with van der Waals surface area (Å²) in [5.74, 6) is 4.55. The van der Waals surface area contributed by atoms with Gasteiger partial charge in [-0.3, -0.25) is 9.48 Å². The number of nitrogens with zero attached hydrogens (tertiary/aromatic N) is 4. The average molecular weight is 530 g/mol. The highest BCUT2D eigenvalue weighted by atomic mass is 32.2. The molecular formula is C28H24FN5O3S. The monoisotopic (exact) mass is 529 g/mol. The third-order valence-corrected chi connectivity index (χ3v) is 7.38. The lowest BCUT2D eigenvalue weighted by atomic mass is 10.1. The fraction of sp³-hybridized carbons (Fsp3) is 0.107. The number of sulfone groups is 1. The van der Waals surface area contributed by atoms with Crippen molar-refractivity contribution in [3.63, 3.8) is 0 Å². The number of hydrogen-bond donors (Lipinski definition) is 1. The van der Waals surface area contributed by atoms with Crippen LogP contribution in [0.4, 0.5) is 4.39 Å². The number of aryl methyl sites for hydroxylation is 1. The number of nitrogens with one attached hydrogen (secondary N) is 1. The van der Waals surface area contributed by atoms with Crippen molar-refractivity contribution in [3.05, 3.63) is 119 Å². The molecule has 1 N–H and O–H groups in total. The van der Waals surface area contributed by atoms with Crippen LogP contribution in [0.2, 0.25) is 0 Å². The maximum atomic E-state index is 13.3. The smallest absolute Gasteiger partial charge is 0.251 e. The predicted octanol–water partition coefficient (Wildman–Crippen LogP) is 3.99. The Labute approximate surface area is 220 Å². The van der Waals surface area contributed by atoms with E-state index in [-0.39, 0.29) is 35.8 Å². The Kier molecular flexibility index (Phi) is 6.77. The zero-order chi connectivity index (χ0) is 26.7. The molecule has 10 heteroatoms. The van der Waals surface area contributed by atoms with Crippen molar-refractivity contribution >= 4 is 21.4 Å². The molecule has 0 saturated heterocycles. The Morgan fingerprint density at radius 3 is 2.61 bits per heavy atom. The zero-order valence-electron chi connectivity index (χ0n) is 20.3. The summed E-state index contributed by atoms with van der Waals surface area (Å²) in [5.41, 5.74) is 3.23. The van der Waals surface area contributed by atoms with Crippen molar-refractivity contribution in [1.82, 2.24) is 24.5 Å². The molecule has 0 spiro atoms. The normalized spacial score (nSPS) is 11.2. The van der Waals surface area contributed by atoms with E-state index in [2.05, 4.69) is 27.2 Å². The van der Waals surface area contributed by atoms with Crippen molar-refractivity contribution < 1.29 is 19.0 Å². The third-order valence-electron chi connectivity index (χ3n) is 5.75. The van der Waals surface area contributed by atoms with Gasteiger partial charge in [-0.1, -0.05) is 11.8 Å². The molecule has 0 radical (unpaired) electrons. The topological polar surface area (TPSA) is 98.4 Å². The predicted molar refractivity (Wildman–Crippen MR) is 141 cm³/mol. The molecule has 0 aliphatic heterocycles. The maximum absolute atomic E-state index is 13.3. The number of fused-ring (bicyclic) bond motifs is 1. The van der Waals surface area contributed by atoms with Crippen LogP contribution in [0.3, 0.4) is 0 Å². The standard InChI is InChI=1S/C28H22FN5O3S.H2/c1-20-10-14-34(32-20)19-38(36,37)26-9-6-24(17-23(26)5-2-21-3-7-25(29)8-4-21)28(35)31-18-22-11-13-33-15-12-30-27(33)16-22;/h3-4,6-17H,18-19H2,1H3,(H,31,35);1H. The van der Waals surface area contributed by atoms with Crippen LogP contribution in [0.15, 0.2) is 90.3 Å². The summed E-state index contributed by atoms with van der Waals surface area (Å²) < 4.78 is 43.0. The summed E-state index contributed by atoms with van der Waals surface area (Å²) in [6.07, 6.45) is 6.96. The quantitative estimate of drug-likeness (QED) is 0.336. The summed E-state index contributed by atoms with van der Waals surface area (Å²) in [6, 6.07) is 15.3. The van der Waals surface area contributed by atoms with E-state index in [9.17, 15) is 17.6 Å². The number of rotatable bonds is 6. The molecule has 8 nitrogen and oxygen atoms in total. The highest BCUT2D eigenvalue weighted by Crippen LogP contribution is 2.21. The minimum Gasteiger partial charge on any atom is -0.348 e. The van der Waals surface area contributed by atoms with Crippen LogP contribution in [-0.2, 0) is 22.3 Å². The third kappa shape index (κ3) is 5.63. The van der Waals surface area contributed by atoms with E-state index in [0.29, 0.717) is 11.3 Å². The van der Waals surface area contributed by atoms with Gasteiger partial charge >= 0.3 is 0 Å². The van der Waals surface area contributed by atoms with Crippen molar-refractivity contribution in [2.45, 2.75) is 24.2 Å². The Morgan fingerprint density at radius 2 is 1.84 bits per heavy atom. The van der Waals surface area contributed by atoms with E-state index in [1.165, 1.54) is 47.1 Å². The van der Waals surface area contributed by atoms with Crippen LogP contribution in [0, 0.1) is 24.6 Å². The van der Waals surface area contributed by atoms with E-state index >= 15 is 0 Å². The minimum absolute atomic E-state index is 0. The molecule has 2 aromatic carbocycles. The van der Waals surface area contributed by atoms with Crippen LogP contribution >= 0.6 is 0 Å². The molecule has 5 rings (SSSR count). The number of carbonyl (C=O) groups excluding carboxylic acids is 1. The molecule has 0 bridgehead atoms. The van der Waals surface area contributed by atoms with E-state index in [4.69, 9.17) is 0 Å².